The molecule has 5 nitrogen and oxygen atoms in total. The summed E-state index contributed by atoms with van der Waals surface area (Å²) in [6.45, 7) is 5.71. The molecule has 0 aromatic carbocycles. The monoisotopic (exact) mass is 292 g/mol. The number of hydrogen-bond donors (Lipinski definition) is 0. The highest BCUT2D eigenvalue weighted by Crippen LogP contribution is 2.25. The van der Waals surface area contributed by atoms with E-state index in [9.17, 15) is 4.79 Å². The minimum Gasteiger partial charge on any atom is -0.297 e. The van der Waals surface area contributed by atoms with Crippen molar-refractivity contribution < 1.29 is 4.79 Å². The molecule has 2 rings (SSSR count). The van der Waals surface area contributed by atoms with Crippen molar-refractivity contribution in [3.63, 3.8) is 0 Å². The number of Topliss-reactive ketones (excluding diaryl/α,β-unsaturated/α-hetero) is 1. The van der Waals surface area contributed by atoms with Crippen LogP contribution in [-0.2, 0) is 11.2 Å². The topological polar surface area (TPSA) is 60.7 Å². The van der Waals surface area contributed by atoms with Gasteiger partial charge in [0.05, 0.1) is 0 Å². The molecule has 0 aliphatic heterocycles. The molecule has 0 amide bonds. The van der Waals surface area contributed by atoms with Crippen LogP contribution in [0.5, 0.6) is 0 Å². The maximum atomic E-state index is 12.6. The molecule has 0 saturated carbocycles. The van der Waals surface area contributed by atoms with Gasteiger partial charge in [0.1, 0.15) is 23.8 Å². The fraction of sp³-hybridized carbons (Fsp3) is 0.429. The number of halogens is 1. The van der Waals surface area contributed by atoms with Gasteiger partial charge in [-0.2, -0.15) is 5.10 Å². The van der Waals surface area contributed by atoms with E-state index in [1.165, 1.54) is 6.33 Å². The molecule has 0 aliphatic carbocycles. The van der Waals surface area contributed by atoms with E-state index in [2.05, 4.69) is 15.1 Å². The summed E-state index contributed by atoms with van der Waals surface area (Å²) in [7, 11) is 0. The SMILES string of the molecule is CC(C)(C)C(=O)C(Cc1ccc(Cl)nc1)n1cncn1. The molecule has 2 aromatic rings. The lowest BCUT2D eigenvalue weighted by Gasteiger charge is -2.24. The minimum atomic E-state index is -0.448. The predicted molar refractivity (Wildman–Crippen MR) is 76.5 cm³/mol. The van der Waals surface area contributed by atoms with E-state index in [0.717, 1.165) is 5.56 Å². The number of hydrogen-bond acceptors (Lipinski definition) is 4. The largest absolute Gasteiger partial charge is 0.297 e. The summed E-state index contributed by atoms with van der Waals surface area (Å²) >= 11 is 5.78. The molecule has 2 heterocycles. The molecule has 1 unspecified atom stereocenters. The zero-order valence-electron chi connectivity index (χ0n) is 11.7. The van der Waals surface area contributed by atoms with Crippen LogP contribution in [0.25, 0.3) is 0 Å². The average molecular weight is 293 g/mol. The lowest BCUT2D eigenvalue weighted by atomic mass is 9.84. The maximum absolute atomic E-state index is 12.6. The van der Waals surface area contributed by atoms with Gasteiger partial charge in [0, 0.05) is 18.0 Å². The van der Waals surface area contributed by atoms with Gasteiger partial charge in [0.15, 0.2) is 5.78 Å². The molecule has 6 heteroatoms. The van der Waals surface area contributed by atoms with Crippen molar-refractivity contribution in [2.75, 3.05) is 0 Å². The second-order valence-electron chi connectivity index (χ2n) is 5.70. The molecule has 0 N–H and O–H groups in total. The zero-order chi connectivity index (χ0) is 14.8. The molecule has 20 heavy (non-hydrogen) atoms. The highest BCUT2D eigenvalue weighted by atomic mass is 35.5. The summed E-state index contributed by atoms with van der Waals surface area (Å²) in [5, 5.41) is 4.54. The number of aromatic nitrogens is 4. The van der Waals surface area contributed by atoms with Crippen molar-refractivity contribution in [3.8, 4) is 0 Å². The van der Waals surface area contributed by atoms with Gasteiger partial charge in [0.25, 0.3) is 0 Å². The van der Waals surface area contributed by atoms with Crippen LogP contribution in [-0.4, -0.2) is 25.5 Å². The van der Waals surface area contributed by atoms with Crippen molar-refractivity contribution in [1.29, 1.82) is 0 Å². The van der Waals surface area contributed by atoms with Crippen LogP contribution in [0.3, 0.4) is 0 Å². The lowest BCUT2D eigenvalue weighted by molar-refractivity contribution is -0.130. The van der Waals surface area contributed by atoms with E-state index in [0.29, 0.717) is 11.6 Å². The van der Waals surface area contributed by atoms with Gasteiger partial charge in [-0.25, -0.2) is 14.6 Å². The third-order valence-corrected chi connectivity index (χ3v) is 3.24. The van der Waals surface area contributed by atoms with Gasteiger partial charge >= 0.3 is 0 Å². The Morgan fingerprint density at radius 3 is 2.65 bits per heavy atom. The molecule has 0 aliphatic rings. The third-order valence-electron chi connectivity index (χ3n) is 3.02. The molecule has 0 bridgehead atoms. The summed E-state index contributed by atoms with van der Waals surface area (Å²) in [4.78, 5) is 20.6. The van der Waals surface area contributed by atoms with E-state index in [-0.39, 0.29) is 11.8 Å². The number of rotatable bonds is 4. The lowest BCUT2D eigenvalue weighted by Crippen LogP contribution is -2.32. The van der Waals surface area contributed by atoms with Gasteiger partial charge in [-0.05, 0) is 11.6 Å². The van der Waals surface area contributed by atoms with Gasteiger partial charge in [0.2, 0.25) is 0 Å². The maximum Gasteiger partial charge on any atom is 0.163 e. The molecular weight excluding hydrogens is 276 g/mol. The smallest absolute Gasteiger partial charge is 0.163 e. The standard InChI is InChI=1S/C14H17ClN4O/c1-14(2,3)13(20)11(19-9-16-8-18-19)6-10-4-5-12(15)17-7-10/h4-5,7-9,11H,6H2,1-3H3. The van der Waals surface area contributed by atoms with Crippen LogP contribution in [0.2, 0.25) is 5.15 Å². The van der Waals surface area contributed by atoms with Crippen LogP contribution in [0.15, 0.2) is 31.0 Å². The number of carbonyl (C=O) groups is 1. The average Bonchev–Trinajstić information content (AvgIpc) is 2.90. The Kier molecular flexibility index (Phi) is 4.18. The first-order chi connectivity index (χ1) is 9.38. The molecule has 2 aromatic heterocycles. The molecule has 106 valence electrons. The Morgan fingerprint density at radius 1 is 1.40 bits per heavy atom. The summed E-state index contributed by atoms with van der Waals surface area (Å²) < 4.78 is 1.60. The fourth-order valence-corrected chi connectivity index (χ4v) is 2.05. The van der Waals surface area contributed by atoms with Crippen molar-refractivity contribution in [1.82, 2.24) is 19.7 Å². The van der Waals surface area contributed by atoms with Crippen molar-refractivity contribution >= 4 is 17.4 Å². The first-order valence-electron chi connectivity index (χ1n) is 6.37. The van der Waals surface area contributed by atoms with Crippen molar-refractivity contribution in [2.24, 2.45) is 5.41 Å². The number of ketones is 1. The highest BCUT2D eigenvalue weighted by Gasteiger charge is 2.31. The zero-order valence-corrected chi connectivity index (χ0v) is 12.5. The molecule has 0 fully saturated rings. The molecule has 0 radical (unpaired) electrons. The second kappa shape index (κ2) is 5.71. The predicted octanol–water partition coefficient (Wildman–Crippen LogP) is 2.73. The summed E-state index contributed by atoms with van der Waals surface area (Å²) in [6.07, 6.45) is 5.20. The molecule has 0 saturated heterocycles. The highest BCUT2D eigenvalue weighted by molar-refractivity contribution is 6.29. The van der Waals surface area contributed by atoms with Crippen LogP contribution >= 0.6 is 11.6 Å². The normalized spacial score (nSPS) is 13.2. The first kappa shape index (κ1) is 14.7. The Morgan fingerprint density at radius 2 is 2.15 bits per heavy atom. The first-order valence-corrected chi connectivity index (χ1v) is 6.74. The van der Waals surface area contributed by atoms with Gasteiger partial charge in [-0.1, -0.05) is 38.4 Å². The summed E-state index contributed by atoms with van der Waals surface area (Å²) in [5.41, 5.74) is 0.490. The van der Waals surface area contributed by atoms with Gasteiger partial charge in [-0.3, -0.25) is 4.79 Å². The molecule has 1 atom stereocenters. The Balaban J connectivity index is 2.28. The van der Waals surface area contributed by atoms with Crippen LogP contribution < -0.4 is 0 Å². The number of carbonyl (C=O) groups excluding carboxylic acids is 1. The van der Waals surface area contributed by atoms with Gasteiger partial charge in [-0.15, -0.1) is 0 Å². The van der Waals surface area contributed by atoms with Crippen molar-refractivity contribution in [3.05, 3.63) is 41.7 Å². The molecular formula is C14H17ClN4O. The van der Waals surface area contributed by atoms with Crippen LogP contribution in [0.1, 0.15) is 32.4 Å². The van der Waals surface area contributed by atoms with Crippen LogP contribution in [0.4, 0.5) is 0 Å². The second-order valence-corrected chi connectivity index (χ2v) is 6.09. The van der Waals surface area contributed by atoms with E-state index in [1.54, 1.807) is 23.3 Å². The Labute approximate surface area is 123 Å². The summed E-state index contributed by atoms with van der Waals surface area (Å²) in [5.74, 6) is 0.109. The van der Waals surface area contributed by atoms with Crippen molar-refractivity contribution in [2.45, 2.75) is 33.2 Å². The van der Waals surface area contributed by atoms with E-state index >= 15 is 0 Å². The van der Waals surface area contributed by atoms with E-state index in [4.69, 9.17) is 11.6 Å². The van der Waals surface area contributed by atoms with Crippen LogP contribution in [0, 0.1) is 5.41 Å². The Bertz CT molecular complexity index is 572. The number of pyridine rings is 1. The van der Waals surface area contributed by atoms with E-state index < -0.39 is 5.41 Å². The third kappa shape index (κ3) is 3.42. The fourth-order valence-electron chi connectivity index (χ4n) is 1.93. The quantitative estimate of drug-likeness (QED) is 0.813. The number of nitrogens with zero attached hydrogens (tertiary/aromatic N) is 4. The minimum absolute atomic E-state index is 0.109. The van der Waals surface area contributed by atoms with E-state index in [1.807, 2.05) is 26.8 Å². The van der Waals surface area contributed by atoms with Gasteiger partial charge < -0.3 is 0 Å². The Hall–Kier alpha value is -1.75. The molecule has 0 spiro atoms. The summed E-state index contributed by atoms with van der Waals surface area (Å²) in [6, 6.07) is 3.20.